The van der Waals surface area contributed by atoms with Gasteiger partial charge in [-0.15, -0.1) is 0 Å². The van der Waals surface area contributed by atoms with Crippen LogP contribution in [0.25, 0.3) is 11.0 Å². The smallest absolute Gasteiger partial charge is 0.351 e. The average Bonchev–Trinajstić information content (AvgIpc) is 2.68. The van der Waals surface area contributed by atoms with Crippen LogP contribution in [0, 0.1) is 6.92 Å². The predicted octanol–water partition coefficient (Wildman–Crippen LogP) is 2.69. The Bertz CT molecular complexity index is 1080. The number of phenols is 1. The van der Waals surface area contributed by atoms with Crippen LogP contribution in [0.4, 0.5) is 0 Å². The molecule has 0 aliphatic carbocycles. The maximum Gasteiger partial charge on any atom is 0.351 e. The van der Waals surface area contributed by atoms with Gasteiger partial charge >= 0.3 is 11.6 Å². The second kappa shape index (κ2) is 6.68. The van der Waals surface area contributed by atoms with Crippen molar-refractivity contribution in [2.45, 2.75) is 19.6 Å². The van der Waals surface area contributed by atoms with E-state index in [9.17, 15) is 14.7 Å². The van der Waals surface area contributed by atoms with Crippen LogP contribution in [-0.2, 0) is 16.1 Å². The number of benzene rings is 2. The van der Waals surface area contributed by atoms with Crippen LogP contribution in [0.1, 0.15) is 11.1 Å². The molecule has 0 unspecified atom stereocenters. The fourth-order valence-corrected chi connectivity index (χ4v) is 2.91. The van der Waals surface area contributed by atoms with Gasteiger partial charge in [-0.1, -0.05) is 12.1 Å². The Morgan fingerprint density at radius 2 is 2.00 bits per heavy atom. The number of phenolic OH excluding ortho intramolecular Hbond substituents is 1. The Labute approximate surface area is 153 Å². The zero-order valence-electron chi connectivity index (χ0n) is 14.4. The Hall–Kier alpha value is -3.48. The lowest BCUT2D eigenvalue weighted by Crippen LogP contribution is -2.37. The number of hydrogen-bond acceptors (Lipinski definition) is 7. The first-order chi connectivity index (χ1) is 13.0. The van der Waals surface area contributed by atoms with E-state index in [1.807, 2.05) is 6.07 Å². The molecule has 7 heteroatoms. The number of esters is 1. The molecule has 3 aromatic rings. The first-order valence-corrected chi connectivity index (χ1v) is 8.33. The second-order valence-electron chi connectivity index (χ2n) is 6.15. The van der Waals surface area contributed by atoms with Gasteiger partial charge in [0.15, 0.2) is 11.5 Å². The number of para-hydroxylation sites is 2. The van der Waals surface area contributed by atoms with Crippen LogP contribution in [0.15, 0.2) is 51.7 Å². The SMILES string of the molecule is Cc1c(O)ccc2c(COC(=O)[C@H]3COc4ccccc4O3)cc(=O)oc12. The first kappa shape index (κ1) is 17.0. The first-order valence-electron chi connectivity index (χ1n) is 8.33. The maximum atomic E-state index is 12.4. The van der Waals surface area contributed by atoms with Crippen LogP contribution >= 0.6 is 0 Å². The molecule has 138 valence electrons. The summed E-state index contributed by atoms with van der Waals surface area (Å²) in [4.78, 5) is 24.2. The maximum absolute atomic E-state index is 12.4. The number of carbonyl (C=O) groups excluding carboxylic acids is 1. The van der Waals surface area contributed by atoms with Crippen molar-refractivity contribution in [2.24, 2.45) is 0 Å². The highest BCUT2D eigenvalue weighted by molar-refractivity contribution is 5.85. The third-order valence-electron chi connectivity index (χ3n) is 4.36. The van der Waals surface area contributed by atoms with E-state index in [0.29, 0.717) is 28.0 Å². The molecule has 2 aromatic carbocycles. The third-order valence-corrected chi connectivity index (χ3v) is 4.36. The molecule has 0 amide bonds. The molecular weight excluding hydrogens is 352 g/mol. The lowest BCUT2D eigenvalue weighted by atomic mass is 10.1. The number of carbonyl (C=O) groups is 1. The summed E-state index contributed by atoms with van der Waals surface area (Å²) in [7, 11) is 0. The fraction of sp³-hybridized carbons (Fsp3) is 0.200. The summed E-state index contributed by atoms with van der Waals surface area (Å²) in [5.74, 6) is 0.471. The predicted molar refractivity (Wildman–Crippen MR) is 95.0 cm³/mol. The van der Waals surface area contributed by atoms with Crippen LogP contribution in [0.5, 0.6) is 17.2 Å². The van der Waals surface area contributed by atoms with Gasteiger partial charge in [0.05, 0.1) is 0 Å². The zero-order chi connectivity index (χ0) is 19.0. The van der Waals surface area contributed by atoms with Crippen molar-refractivity contribution in [2.75, 3.05) is 6.61 Å². The molecule has 1 aliphatic rings. The summed E-state index contributed by atoms with van der Waals surface area (Å²) in [6.07, 6.45) is -0.892. The van der Waals surface area contributed by atoms with Crippen molar-refractivity contribution in [3.63, 3.8) is 0 Å². The highest BCUT2D eigenvalue weighted by Crippen LogP contribution is 2.31. The highest BCUT2D eigenvalue weighted by Gasteiger charge is 2.28. The largest absolute Gasteiger partial charge is 0.508 e. The van der Waals surface area contributed by atoms with Crippen molar-refractivity contribution in [1.29, 1.82) is 0 Å². The molecule has 2 heterocycles. The number of hydrogen-bond donors (Lipinski definition) is 1. The molecule has 0 radical (unpaired) electrons. The molecule has 1 aliphatic heterocycles. The molecule has 1 atom stereocenters. The molecule has 7 nitrogen and oxygen atoms in total. The molecule has 0 fully saturated rings. The molecule has 4 rings (SSSR count). The van der Waals surface area contributed by atoms with Gasteiger partial charge in [0, 0.05) is 22.6 Å². The van der Waals surface area contributed by atoms with Crippen molar-refractivity contribution >= 4 is 16.9 Å². The van der Waals surface area contributed by atoms with E-state index < -0.39 is 17.7 Å². The minimum atomic E-state index is -0.892. The van der Waals surface area contributed by atoms with Crippen molar-refractivity contribution < 1.29 is 28.5 Å². The molecule has 1 aromatic heterocycles. The summed E-state index contributed by atoms with van der Waals surface area (Å²) < 4.78 is 21.6. The molecule has 0 saturated heterocycles. The Morgan fingerprint density at radius 1 is 1.22 bits per heavy atom. The summed E-state index contributed by atoms with van der Waals surface area (Å²) in [6.45, 7) is 1.55. The van der Waals surface area contributed by atoms with E-state index in [1.165, 1.54) is 12.1 Å². The molecule has 1 N–H and O–H groups in total. The topological polar surface area (TPSA) is 95.2 Å². The van der Waals surface area contributed by atoms with Gasteiger partial charge in [0.2, 0.25) is 6.10 Å². The van der Waals surface area contributed by atoms with Crippen molar-refractivity contribution in [1.82, 2.24) is 0 Å². The van der Waals surface area contributed by atoms with Crippen LogP contribution in [0.3, 0.4) is 0 Å². The average molecular weight is 368 g/mol. The minimum absolute atomic E-state index is 0.0196. The van der Waals surface area contributed by atoms with Gasteiger partial charge in [0.1, 0.15) is 24.5 Å². The number of fused-ring (bicyclic) bond motifs is 2. The van der Waals surface area contributed by atoms with Gasteiger partial charge < -0.3 is 23.7 Å². The summed E-state index contributed by atoms with van der Waals surface area (Å²) >= 11 is 0. The van der Waals surface area contributed by atoms with Gasteiger partial charge in [0.25, 0.3) is 0 Å². The Morgan fingerprint density at radius 3 is 2.81 bits per heavy atom. The Kier molecular flexibility index (Phi) is 4.19. The van der Waals surface area contributed by atoms with Gasteiger partial charge in [-0.3, -0.25) is 0 Å². The monoisotopic (exact) mass is 368 g/mol. The number of aryl methyl sites for hydroxylation is 1. The number of ether oxygens (including phenoxy) is 3. The molecule has 0 saturated carbocycles. The number of aromatic hydroxyl groups is 1. The highest BCUT2D eigenvalue weighted by atomic mass is 16.6. The van der Waals surface area contributed by atoms with Gasteiger partial charge in [-0.25, -0.2) is 9.59 Å². The van der Waals surface area contributed by atoms with E-state index in [1.54, 1.807) is 31.2 Å². The van der Waals surface area contributed by atoms with Gasteiger partial charge in [-0.05, 0) is 31.2 Å². The summed E-state index contributed by atoms with van der Waals surface area (Å²) in [5.41, 5.74) is 0.598. The fourth-order valence-electron chi connectivity index (χ4n) is 2.91. The number of rotatable bonds is 3. The quantitative estimate of drug-likeness (QED) is 0.561. The van der Waals surface area contributed by atoms with E-state index in [2.05, 4.69) is 0 Å². The van der Waals surface area contributed by atoms with E-state index in [0.717, 1.165) is 0 Å². The Balaban J connectivity index is 1.53. The molecular formula is C20H16O7. The second-order valence-corrected chi connectivity index (χ2v) is 6.15. The molecule has 0 spiro atoms. The van der Waals surface area contributed by atoms with Crippen molar-refractivity contribution in [3.8, 4) is 17.2 Å². The lowest BCUT2D eigenvalue weighted by Gasteiger charge is -2.25. The van der Waals surface area contributed by atoms with Crippen LogP contribution in [0.2, 0.25) is 0 Å². The normalized spacial score (nSPS) is 15.5. The van der Waals surface area contributed by atoms with E-state index in [-0.39, 0.29) is 24.5 Å². The summed E-state index contributed by atoms with van der Waals surface area (Å²) in [6, 6.07) is 11.4. The molecule has 0 bridgehead atoms. The minimum Gasteiger partial charge on any atom is -0.508 e. The lowest BCUT2D eigenvalue weighted by molar-refractivity contribution is -0.155. The standard InChI is InChI=1S/C20H16O7/c1-11-14(21)7-6-13-12(8-18(22)27-19(11)13)9-25-20(23)17-10-24-15-4-2-3-5-16(15)26-17/h2-8,17,21H,9-10H2,1H3/t17-/m1/s1. The van der Waals surface area contributed by atoms with Crippen LogP contribution < -0.4 is 15.1 Å². The van der Waals surface area contributed by atoms with Crippen molar-refractivity contribution in [3.05, 3.63) is 64.0 Å². The van der Waals surface area contributed by atoms with Gasteiger partial charge in [-0.2, -0.15) is 0 Å². The van der Waals surface area contributed by atoms with E-state index >= 15 is 0 Å². The summed E-state index contributed by atoms with van der Waals surface area (Å²) in [5, 5.41) is 10.4. The zero-order valence-corrected chi connectivity index (χ0v) is 14.4. The van der Waals surface area contributed by atoms with Crippen LogP contribution in [-0.4, -0.2) is 23.8 Å². The third kappa shape index (κ3) is 3.19. The van der Waals surface area contributed by atoms with E-state index in [4.69, 9.17) is 18.6 Å². The molecule has 27 heavy (non-hydrogen) atoms.